The molecule has 3 heterocycles. The minimum Gasteiger partial charge on any atom is -0.375 e. The van der Waals surface area contributed by atoms with Crippen LogP contribution in [0.2, 0.25) is 5.02 Å². The van der Waals surface area contributed by atoms with Crippen LogP contribution >= 0.6 is 23.8 Å². The molecule has 2 N–H and O–H groups in total. The Kier molecular flexibility index (Phi) is 7.18. The molecule has 7 nitrogen and oxygen atoms in total. The second kappa shape index (κ2) is 10.7. The summed E-state index contributed by atoms with van der Waals surface area (Å²) < 4.78 is 20.5. The van der Waals surface area contributed by atoms with Gasteiger partial charge in [-0.05, 0) is 78.9 Å². The summed E-state index contributed by atoms with van der Waals surface area (Å²) in [4.78, 5) is 18.6. The summed E-state index contributed by atoms with van der Waals surface area (Å²) in [5, 5.41) is 7.02. The Morgan fingerprint density at radius 2 is 1.92 bits per heavy atom. The third-order valence-electron chi connectivity index (χ3n) is 6.07. The van der Waals surface area contributed by atoms with E-state index in [1.807, 2.05) is 52.1 Å². The molecule has 5 rings (SSSR count). The highest BCUT2D eigenvalue weighted by atomic mass is 35.5. The largest absolute Gasteiger partial charge is 0.375 e. The van der Waals surface area contributed by atoms with Gasteiger partial charge in [0.25, 0.3) is 0 Å². The van der Waals surface area contributed by atoms with E-state index in [9.17, 15) is 9.18 Å². The Balaban J connectivity index is 1.58. The number of nitrogens with zero attached hydrogens (tertiary/aromatic N) is 3. The molecule has 0 radical (unpaired) electrons. The van der Waals surface area contributed by atoms with Crippen molar-refractivity contribution in [3.8, 4) is 5.69 Å². The average Bonchev–Trinajstić information content (AvgIpc) is 3.51. The highest BCUT2D eigenvalue weighted by Crippen LogP contribution is 2.43. The van der Waals surface area contributed by atoms with Gasteiger partial charge in [-0.15, -0.1) is 0 Å². The number of aromatic nitrogens is 2. The maximum atomic E-state index is 13.6. The summed E-state index contributed by atoms with van der Waals surface area (Å²) >= 11 is 12.4. The fourth-order valence-corrected chi connectivity index (χ4v) is 5.05. The number of benzene rings is 2. The van der Waals surface area contributed by atoms with Crippen LogP contribution in [0.5, 0.6) is 0 Å². The van der Waals surface area contributed by atoms with E-state index in [4.69, 9.17) is 28.6 Å². The van der Waals surface area contributed by atoms with Gasteiger partial charge in [-0.25, -0.2) is 4.39 Å². The van der Waals surface area contributed by atoms with E-state index in [0.717, 1.165) is 22.8 Å². The van der Waals surface area contributed by atoms with Crippen LogP contribution in [0.1, 0.15) is 23.5 Å². The van der Waals surface area contributed by atoms with Crippen LogP contribution in [-0.2, 0) is 9.53 Å². The normalized spacial score (nSPS) is 17.1. The van der Waals surface area contributed by atoms with Crippen molar-refractivity contribution >= 4 is 46.2 Å². The first-order valence-electron chi connectivity index (χ1n) is 11.5. The van der Waals surface area contributed by atoms with Crippen LogP contribution in [0, 0.1) is 5.82 Å². The van der Waals surface area contributed by atoms with Gasteiger partial charge in [-0.2, -0.15) is 0 Å². The number of anilines is 2. The molecule has 2 unspecified atom stereocenters. The molecule has 2 aromatic carbocycles. The number of nitrogens with one attached hydrogen (secondary N) is 2. The van der Waals surface area contributed by atoms with E-state index in [2.05, 4.69) is 15.6 Å². The van der Waals surface area contributed by atoms with Crippen LogP contribution in [0.25, 0.3) is 5.69 Å². The smallest absolute Gasteiger partial charge is 0.250 e. The van der Waals surface area contributed by atoms with Gasteiger partial charge >= 0.3 is 0 Å². The molecule has 37 heavy (non-hydrogen) atoms. The van der Waals surface area contributed by atoms with Crippen LogP contribution in [0.4, 0.5) is 15.8 Å². The van der Waals surface area contributed by atoms with E-state index in [-0.39, 0.29) is 30.4 Å². The maximum absolute atomic E-state index is 13.6. The lowest BCUT2D eigenvalue weighted by molar-refractivity contribution is -0.119. The average molecular weight is 536 g/mol. The second-order valence-electron chi connectivity index (χ2n) is 8.42. The molecule has 0 aliphatic carbocycles. The Morgan fingerprint density at radius 1 is 1.14 bits per heavy atom. The molecule has 1 aliphatic heterocycles. The Labute approximate surface area is 223 Å². The Hall–Kier alpha value is -3.79. The molecule has 1 saturated heterocycles. The highest BCUT2D eigenvalue weighted by Gasteiger charge is 2.42. The number of rotatable bonds is 7. The number of amides is 1. The summed E-state index contributed by atoms with van der Waals surface area (Å²) in [6, 6.07) is 20.8. The van der Waals surface area contributed by atoms with Crippen molar-refractivity contribution in [3.05, 3.63) is 107 Å². The first kappa shape index (κ1) is 24.9. The number of halogens is 2. The highest BCUT2D eigenvalue weighted by molar-refractivity contribution is 7.80. The van der Waals surface area contributed by atoms with Crippen molar-refractivity contribution in [1.29, 1.82) is 0 Å². The number of hydrogen-bond donors (Lipinski definition) is 2. The molecule has 2 aromatic heterocycles. The molecule has 188 valence electrons. The van der Waals surface area contributed by atoms with Crippen LogP contribution in [-0.4, -0.2) is 34.3 Å². The topological polar surface area (TPSA) is 71.4 Å². The SMILES string of the molecule is COCC(=O)Nc1ccc(N2C(=S)NC(c3ccccn3)C2c2cccn2-c2ccc(F)cc2)cc1Cl. The molecule has 4 aromatic rings. The standard InChI is InChI=1S/C27H23ClFN5O2S/c1-36-16-24(35)31-21-12-11-19(15-20(21)28)34-26(25(32-27(34)37)22-5-2-3-13-30-22)23-6-4-14-33(23)18-9-7-17(29)8-10-18/h2-15,25-26H,16H2,1H3,(H,31,35)(H,32,37). The summed E-state index contributed by atoms with van der Waals surface area (Å²) in [7, 11) is 1.45. The minimum absolute atomic E-state index is 0.0770. The van der Waals surface area contributed by atoms with Gasteiger partial charge < -0.3 is 24.8 Å². The van der Waals surface area contributed by atoms with Crippen LogP contribution in [0.3, 0.4) is 0 Å². The van der Waals surface area contributed by atoms with Gasteiger partial charge in [0.1, 0.15) is 18.5 Å². The molecule has 10 heteroatoms. The van der Waals surface area contributed by atoms with Crippen molar-refractivity contribution in [3.63, 3.8) is 0 Å². The third-order valence-corrected chi connectivity index (χ3v) is 6.69. The van der Waals surface area contributed by atoms with Crippen LogP contribution < -0.4 is 15.5 Å². The quantitative estimate of drug-likeness (QED) is 0.308. The molecule has 0 bridgehead atoms. The van der Waals surface area contributed by atoms with E-state index >= 15 is 0 Å². The predicted octanol–water partition coefficient (Wildman–Crippen LogP) is 5.43. The molecular weight excluding hydrogens is 513 g/mol. The number of thiocarbonyl (C=S) groups is 1. The van der Waals surface area contributed by atoms with Gasteiger partial charge in [-0.3, -0.25) is 9.78 Å². The minimum atomic E-state index is -0.313. The molecule has 1 fully saturated rings. The Morgan fingerprint density at radius 3 is 2.62 bits per heavy atom. The lowest BCUT2D eigenvalue weighted by Crippen LogP contribution is -2.30. The lowest BCUT2D eigenvalue weighted by Gasteiger charge is -2.29. The number of hydrogen-bond acceptors (Lipinski definition) is 4. The van der Waals surface area contributed by atoms with E-state index in [1.54, 1.807) is 30.5 Å². The lowest BCUT2D eigenvalue weighted by atomic mass is 10.0. The third kappa shape index (κ3) is 5.06. The summed E-state index contributed by atoms with van der Waals surface area (Å²) in [5.74, 6) is -0.609. The molecule has 2 atom stereocenters. The monoisotopic (exact) mass is 535 g/mol. The summed E-state index contributed by atoms with van der Waals surface area (Å²) in [5.41, 5.74) is 3.76. The zero-order chi connectivity index (χ0) is 25.9. The second-order valence-corrected chi connectivity index (χ2v) is 9.22. The number of methoxy groups -OCH3 is 1. The number of pyridine rings is 1. The van der Waals surface area contributed by atoms with Crippen molar-refractivity contribution in [1.82, 2.24) is 14.9 Å². The summed E-state index contributed by atoms with van der Waals surface area (Å²) in [6.45, 7) is -0.0770. The van der Waals surface area contributed by atoms with Gasteiger partial charge in [-0.1, -0.05) is 17.7 Å². The summed E-state index contributed by atoms with van der Waals surface area (Å²) in [6.07, 6.45) is 3.67. The van der Waals surface area contributed by atoms with Crippen molar-refractivity contribution < 1.29 is 13.9 Å². The van der Waals surface area contributed by atoms with Crippen molar-refractivity contribution in [2.24, 2.45) is 0 Å². The molecule has 1 aliphatic rings. The van der Waals surface area contributed by atoms with Gasteiger partial charge in [0.2, 0.25) is 5.91 Å². The van der Waals surface area contributed by atoms with Gasteiger partial charge in [0.05, 0.1) is 22.4 Å². The van der Waals surface area contributed by atoms with Crippen molar-refractivity contribution in [2.45, 2.75) is 12.1 Å². The number of ether oxygens (including phenoxy) is 1. The first-order valence-corrected chi connectivity index (χ1v) is 12.3. The molecule has 0 saturated carbocycles. The van der Waals surface area contributed by atoms with E-state index < -0.39 is 0 Å². The molecule has 1 amide bonds. The molecule has 0 spiro atoms. The van der Waals surface area contributed by atoms with Gasteiger partial charge in [0.15, 0.2) is 5.11 Å². The van der Waals surface area contributed by atoms with E-state index in [1.165, 1.54) is 19.2 Å². The van der Waals surface area contributed by atoms with Crippen molar-refractivity contribution in [2.75, 3.05) is 23.9 Å². The van der Waals surface area contributed by atoms with Gasteiger partial charge in [0, 0.05) is 36.6 Å². The number of carbonyl (C=O) groups is 1. The number of carbonyl (C=O) groups excluding carboxylic acids is 1. The zero-order valence-corrected chi connectivity index (χ0v) is 21.3. The maximum Gasteiger partial charge on any atom is 0.250 e. The van der Waals surface area contributed by atoms with Crippen LogP contribution in [0.15, 0.2) is 85.2 Å². The predicted molar refractivity (Wildman–Crippen MR) is 146 cm³/mol. The fourth-order valence-electron chi connectivity index (χ4n) is 4.48. The molecular formula is C27H23ClFN5O2S. The Bertz CT molecular complexity index is 1430. The fraction of sp³-hybridized carbons (Fsp3) is 0.148. The zero-order valence-electron chi connectivity index (χ0n) is 19.8. The first-order chi connectivity index (χ1) is 18.0. The van der Waals surface area contributed by atoms with E-state index in [0.29, 0.717) is 15.8 Å².